The summed E-state index contributed by atoms with van der Waals surface area (Å²) in [4.78, 5) is 28.4. The van der Waals surface area contributed by atoms with Crippen LogP contribution in [0.25, 0.3) is 0 Å². The highest BCUT2D eigenvalue weighted by atomic mass is 16.5. The molecule has 6 heteroatoms. The number of urea groups is 1. The molecule has 0 radical (unpaired) electrons. The number of hydroxylamine groups is 1. The van der Waals surface area contributed by atoms with Crippen molar-refractivity contribution in [3.8, 4) is 0 Å². The number of nitrogens with zero attached hydrogens (tertiary/aromatic N) is 2. The lowest BCUT2D eigenvalue weighted by Gasteiger charge is -2.43. The van der Waals surface area contributed by atoms with Crippen molar-refractivity contribution in [2.24, 2.45) is 0 Å². The molecule has 6 nitrogen and oxygen atoms in total. The SMILES string of the molecule is CN(CCCCCC(=O)NO)C(=O)N(C1CCCCC1)C1CCCCC1. The van der Waals surface area contributed by atoms with Crippen LogP contribution in [0.15, 0.2) is 0 Å². The second-order valence-electron chi connectivity index (χ2n) is 8.04. The molecule has 0 heterocycles. The zero-order valence-electron chi connectivity index (χ0n) is 16.4. The molecule has 0 saturated heterocycles. The number of hydrogen-bond acceptors (Lipinski definition) is 3. The Morgan fingerprint density at radius 3 is 1.92 bits per heavy atom. The van der Waals surface area contributed by atoms with E-state index >= 15 is 0 Å². The maximum atomic E-state index is 13.2. The van der Waals surface area contributed by atoms with Crippen LogP contribution >= 0.6 is 0 Å². The molecule has 0 atom stereocenters. The minimum Gasteiger partial charge on any atom is -0.328 e. The van der Waals surface area contributed by atoms with Gasteiger partial charge in [-0.05, 0) is 38.5 Å². The van der Waals surface area contributed by atoms with Gasteiger partial charge in [-0.3, -0.25) is 10.0 Å². The molecule has 2 aliphatic rings. The van der Waals surface area contributed by atoms with Crippen molar-refractivity contribution < 1.29 is 14.8 Å². The molecule has 3 amide bonds. The Kier molecular flexibility index (Phi) is 9.23. The lowest BCUT2D eigenvalue weighted by Crippen LogP contribution is -2.53. The summed E-state index contributed by atoms with van der Waals surface area (Å²) in [5, 5.41) is 8.50. The highest BCUT2D eigenvalue weighted by molar-refractivity contribution is 5.75. The lowest BCUT2D eigenvalue weighted by molar-refractivity contribution is -0.129. The molecule has 0 unspecified atom stereocenters. The van der Waals surface area contributed by atoms with E-state index < -0.39 is 0 Å². The van der Waals surface area contributed by atoms with E-state index in [0.717, 1.165) is 51.5 Å². The Morgan fingerprint density at radius 2 is 1.42 bits per heavy atom. The summed E-state index contributed by atoms with van der Waals surface area (Å²) in [6.45, 7) is 0.732. The summed E-state index contributed by atoms with van der Waals surface area (Å²) in [7, 11) is 1.92. The van der Waals surface area contributed by atoms with E-state index in [9.17, 15) is 9.59 Å². The summed E-state index contributed by atoms with van der Waals surface area (Å²) in [5.41, 5.74) is 1.66. The molecule has 2 rings (SSSR count). The van der Waals surface area contributed by atoms with Gasteiger partial charge < -0.3 is 9.80 Å². The standard InChI is InChI=1S/C20H37N3O3/c1-22(16-10-4-9-15-19(24)21-26)20(25)23(17-11-5-2-6-12-17)18-13-7-3-8-14-18/h17-18,26H,2-16H2,1H3,(H,21,24). The van der Waals surface area contributed by atoms with Crippen LogP contribution in [0.5, 0.6) is 0 Å². The normalized spacial score (nSPS) is 19.2. The third-order valence-electron chi connectivity index (χ3n) is 6.01. The zero-order chi connectivity index (χ0) is 18.8. The third kappa shape index (κ3) is 6.45. The smallest absolute Gasteiger partial charge is 0.320 e. The van der Waals surface area contributed by atoms with E-state index in [1.54, 1.807) is 5.48 Å². The van der Waals surface area contributed by atoms with Gasteiger partial charge in [-0.25, -0.2) is 10.3 Å². The second-order valence-corrected chi connectivity index (χ2v) is 8.04. The van der Waals surface area contributed by atoms with Gasteiger partial charge in [0.15, 0.2) is 0 Å². The predicted molar refractivity (Wildman–Crippen MR) is 102 cm³/mol. The first-order valence-electron chi connectivity index (χ1n) is 10.6. The third-order valence-corrected chi connectivity index (χ3v) is 6.01. The minimum absolute atomic E-state index is 0.205. The van der Waals surface area contributed by atoms with Crippen LogP contribution in [0.3, 0.4) is 0 Å². The van der Waals surface area contributed by atoms with Crippen LogP contribution in [0.1, 0.15) is 89.9 Å². The van der Waals surface area contributed by atoms with E-state index in [2.05, 4.69) is 4.90 Å². The molecule has 0 aromatic carbocycles. The fourth-order valence-electron chi connectivity index (χ4n) is 4.49. The van der Waals surface area contributed by atoms with Gasteiger partial charge in [-0.1, -0.05) is 44.9 Å². The minimum atomic E-state index is -0.338. The quantitative estimate of drug-likeness (QED) is 0.386. The molecular weight excluding hydrogens is 330 g/mol. The van der Waals surface area contributed by atoms with Crippen LogP contribution in [0.2, 0.25) is 0 Å². The van der Waals surface area contributed by atoms with E-state index in [1.807, 2.05) is 11.9 Å². The first-order valence-corrected chi connectivity index (χ1v) is 10.6. The van der Waals surface area contributed by atoms with Crippen molar-refractivity contribution in [3.63, 3.8) is 0 Å². The maximum absolute atomic E-state index is 13.2. The van der Waals surface area contributed by atoms with Crippen molar-refractivity contribution in [2.45, 2.75) is 102 Å². The highest BCUT2D eigenvalue weighted by Crippen LogP contribution is 2.31. The molecule has 0 spiro atoms. The topological polar surface area (TPSA) is 72.9 Å². The maximum Gasteiger partial charge on any atom is 0.320 e. The van der Waals surface area contributed by atoms with Gasteiger partial charge in [0.05, 0.1) is 0 Å². The molecule has 2 aliphatic carbocycles. The summed E-state index contributed by atoms with van der Waals surface area (Å²) >= 11 is 0. The number of amides is 3. The van der Waals surface area contributed by atoms with Gasteiger partial charge in [0.25, 0.3) is 0 Å². The predicted octanol–water partition coefficient (Wildman–Crippen LogP) is 4.07. The van der Waals surface area contributed by atoms with Gasteiger partial charge in [0, 0.05) is 32.1 Å². The van der Waals surface area contributed by atoms with Crippen LogP contribution < -0.4 is 5.48 Å². The molecule has 2 fully saturated rings. The zero-order valence-corrected chi connectivity index (χ0v) is 16.4. The van der Waals surface area contributed by atoms with Crippen molar-refractivity contribution in [3.05, 3.63) is 0 Å². The molecule has 2 saturated carbocycles. The van der Waals surface area contributed by atoms with E-state index in [1.165, 1.54) is 38.5 Å². The number of carbonyl (C=O) groups excluding carboxylic acids is 2. The number of nitrogens with one attached hydrogen (secondary N) is 1. The van der Waals surface area contributed by atoms with Crippen molar-refractivity contribution in [2.75, 3.05) is 13.6 Å². The first-order chi connectivity index (χ1) is 12.6. The molecule has 0 aromatic rings. The Labute approximate surface area is 158 Å². The van der Waals surface area contributed by atoms with Crippen LogP contribution in [0.4, 0.5) is 4.79 Å². The summed E-state index contributed by atoms with van der Waals surface area (Å²) < 4.78 is 0. The molecule has 150 valence electrons. The molecule has 0 aromatic heterocycles. The van der Waals surface area contributed by atoms with E-state index in [-0.39, 0.29) is 11.9 Å². The second kappa shape index (κ2) is 11.4. The van der Waals surface area contributed by atoms with Crippen LogP contribution in [0, 0.1) is 0 Å². The van der Waals surface area contributed by atoms with Gasteiger partial charge in [-0.2, -0.15) is 0 Å². The Bertz CT molecular complexity index is 414. The Hall–Kier alpha value is -1.30. The summed E-state index contributed by atoms with van der Waals surface area (Å²) in [5.74, 6) is -0.338. The van der Waals surface area contributed by atoms with Crippen molar-refractivity contribution >= 4 is 11.9 Å². The van der Waals surface area contributed by atoms with Crippen molar-refractivity contribution in [1.82, 2.24) is 15.3 Å². The Balaban J connectivity index is 1.84. The number of rotatable bonds is 8. The average molecular weight is 368 g/mol. The van der Waals surface area contributed by atoms with Gasteiger partial charge >= 0.3 is 6.03 Å². The molecule has 26 heavy (non-hydrogen) atoms. The molecular formula is C20H37N3O3. The summed E-state index contributed by atoms with van der Waals surface area (Å²) in [6.07, 6.45) is 15.1. The molecule has 2 N–H and O–H groups in total. The lowest BCUT2D eigenvalue weighted by atomic mass is 9.89. The van der Waals surface area contributed by atoms with Crippen molar-refractivity contribution in [1.29, 1.82) is 0 Å². The van der Waals surface area contributed by atoms with E-state index in [0.29, 0.717) is 18.5 Å². The van der Waals surface area contributed by atoms with E-state index in [4.69, 9.17) is 5.21 Å². The van der Waals surface area contributed by atoms with Crippen LogP contribution in [-0.4, -0.2) is 52.6 Å². The monoisotopic (exact) mass is 367 g/mol. The van der Waals surface area contributed by atoms with Gasteiger partial charge in [-0.15, -0.1) is 0 Å². The average Bonchev–Trinajstić information content (AvgIpc) is 2.69. The fourth-order valence-corrected chi connectivity index (χ4v) is 4.49. The summed E-state index contributed by atoms with van der Waals surface area (Å²) in [6, 6.07) is 1.06. The van der Waals surface area contributed by atoms with Gasteiger partial charge in [0.1, 0.15) is 0 Å². The Morgan fingerprint density at radius 1 is 0.885 bits per heavy atom. The first kappa shape index (κ1) is 21.0. The largest absolute Gasteiger partial charge is 0.328 e. The van der Waals surface area contributed by atoms with Crippen LogP contribution in [-0.2, 0) is 4.79 Å². The van der Waals surface area contributed by atoms with Gasteiger partial charge in [0.2, 0.25) is 5.91 Å². The molecule has 0 bridgehead atoms. The highest BCUT2D eigenvalue weighted by Gasteiger charge is 2.33. The number of carbonyl (C=O) groups is 2. The number of hydrogen-bond donors (Lipinski definition) is 2. The number of unbranched alkanes of at least 4 members (excludes halogenated alkanes) is 2. The fraction of sp³-hybridized carbons (Fsp3) is 0.900. The molecule has 0 aliphatic heterocycles.